The minimum atomic E-state index is 0.0339. The van der Waals surface area contributed by atoms with Crippen LogP contribution in [0.15, 0.2) is 35.3 Å². The van der Waals surface area contributed by atoms with Gasteiger partial charge in [0.05, 0.1) is 5.69 Å². The van der Waals surface area contributed by atoms with Crippen molar-refractivity contribution in [3.8, 4) is 0 Å². The van der Waals surface area contributed by atoms with E-state index in [1.165, 1.54) is 18.5 Å². The number of aromatic nitrogens is 3. The second-order valence-electron chi connectivity index (χ2n) is 7.14. The summed E-state index contributed by atoms with van der Waals surface area (Å²) in [7, 11) is 0. The summed E-state index contributed by atoms with van der Waals surface area (Å²) in [5, 5.41) is 4.60. The normalized spacial score (nSPS) is 18.8. The first kappa shape index (κ1) is 15.4. The van der Waals surface area contributed by atoms with Gasteiger partial charge in [0.1, 0.15) is 0 Å². The molecule has 0 spiro atoms. The van der Waals surface area contributed by atoms with Gasteiger partial charge in [0.15, 0.2) is 0 Å². The molecule has 0 radical (unpaired) electrons. The first-order valence-corrected chi connectivity index (χ1v) is 8.95. The molecule has 0 amide bonds. The monoisotopic (exact) mass is 324 g/mol. The lowest BCUT2D eigenvalue weighted by molar-refractivity contribution is 0.333. The SMILES string of the molecule is Cc1cc(N2CCC(Cn3nc(C4CC4)ccc3=O)CC2)ccn1. The molecule has 0 atom stereocenters. The highest BCUT2D eigenvalue weighted by Crippen LogP contribution is 2.38. The Labute approximate surface area is 142 Å². The van der Waals surface area contributed by atoms with Crippen molar-refractivity contribution in [3.05, 3.63) is 52.2 Å². The van der Waals surface area contributed by atoms with Crippen LogP contribution in [-0.2, 0) is 6.54 Å². The summed E-state index contributed by atoms with van der Waals surface area (Å²) in [4.78, 5) is 18.8. The highest BCUT2D eigenvalue weighted by molar-refractivity contribution is 5.46. The summed E-state index contributed by atoms with van der Waals surface area (Å²) in [5.41, 5.74) is 3.44. The number of aryl methyl sites for hydroxylation is 1. The van der Waals surface area contributed by atoms with Crippen LogP contribution in [0, 0.1) is 12.8 Å². The molecule has 1 saturated heterocycles. The van der Waals surface area contributed by atoms with E-state index in [4.69, 9.17) is 0 Å². The summed E-state index contributed by atoms with van der Waals surface area (Å²) >= 11 is 0. The van der Waals surface area contributed by atoms with E-state index in [0.717, 1.165) is 43.9 Å². The zero-order chi connectivity index (χ0) is 16.5. The molecular formula is C19H24N4O. The Kier molecular flexibility index (Phi) is 4.08. The Hall–Kier alpha value is -2.17. The molecule has 4 rings (SSSR count). The van der Waals surface area contributed by atoms with Gasteiger partial charge >= 0.3 is 0 Å². The Balaban J connectivity index is 1.40. The minimum Gasteiger partial charge on any atom is -0.371 e. The molecule has 24 heavy (non-hydrogen) atoms. The largest absolute Gasteiger partial charge is 0.371 e. The Morgan fingerprint density at radius 3 is 2.62 bits per heavy atom. The molecule has 1 aliphatic carbocycles. The first-order valence-electron chi connectivity index (χ1n) is 8.95. The number of rotatable bonds is 4. The van der Waals surface area contributed by atoms with Crippen molar-refractivity contribution in [1.29, 1.82) is 0 Å². The highest BCUT2D eigenvalue weighted by atomic mass is 16.1. The molecule has 2 aromatic rings. The summed E-state index contributed by atoms with van der Waals surface area (Å²) in [6, 6.07) is 7.82. The lowest BCUT2D eigenvalue weighted by atomic mass is 9.96. The predicted molar refractivity (Wildman–Crippen MR) is 94.4 cm³/mol. The van der Waals surface area contributed by atoms with Crippen LogP contribution in [0.4, 0.5) is 5.69 Å². The number of nitrogens with zero attached hydrogens (tertiary/aromatic N) is 4. The molecule has 0 N–H and O–H groups in total. The molecule has 126 valence electrons. The van der Waals surface area contributed by atoms with Crippen molar-refractivity contribution >= 4 is 5.69 Å². The van der Waals surface area contributed by atoms with Gasteiger partial charge in [-0.1, -0.05) is 0 Å². The van der Waals surface area contributed by atoms with E-state index in [0.29, 0.717) is 11.8 Å². The molecule has 1 saturated carbocycles. The average molecular weight is 324 g/mol. The fourth-order valence-electron chi connectivity index (χ4n) is 3.54. The van der Waals surface area contributed by atoms with Gasteiger partial charge in [0.25, 0.3) is 5.56 Å². The van der Waals surface area contributed by atoms with Crippen LogP contribution in [0.25, 0.3) is 0 Å². The van der Waals surface area contributed by atoms with Crippen molar-refractivity contribution in [1.82, 2.24) is 14.8 Å². The molecule has 2 aromatic heterocycles. The number of piperidine rings is 1. The number of hydrogen-bond acceptors (Lipinski definition) is 4. The molecule has 0 bridgehead atoms. The quantitative estimate of drug-likeness (QED) is 0.868. The van der Waals surface area contributed by atoms with E-state index in [-0.39, 0.29) is 5.56 Å². The van der Waals surface area contributed by atoms with Gasteiger partial charge in [0.2, 0.25) is 0 Å². The van der Waals surface area contributed by atoms with Gasteiger partial charge in [0, 0.05) is 49.2 Å². The molecular weight excluding hydrogens is 300 g/mol. The van der Waals surface area contributed by atoms with Crippen LogP contribution in [0.2, 0.25) is 0 Å². The van der Waals surface area contributed by atoms with Crippen molar-refractivity contribution < 1.29 is 0 Å². The third-order valence-corrected chi connectivity index (χ3v) is 5.17. The molecule has 5 heteroatoms. The van der Waals surface area contributed by atoms with Crippen molar-refractivity contribution in [2.75, 3.05) is 18.0 Å². The van der Waals surface area contributed by atoms with Crippen molar-refractivity contribution in [2.24, 2.45) is 5.92 Å². The van der Waals surface area contributed by atoms with Crippen LogP contribution < -0.4 is 10.5 Å². The van der Waals surface area contributed by atoms with E-state index in [1.54, 1.807) is 10.7 Å². The smallest absolute Gasteiger partial charge is 0.266 e. The Morgan fingerprint density at radius 2 is 1.92 bits per heavy atom. The van der Waals surface area contributed by atoms with E-state index in [1.807, 2.05) is 19.2 Å². The maximum Gasteiger partial charge on any atom is 0.266 e. The van der Waals surface area contributed by atoms with Gasteiger partial charge in [-0.3, -0.25) is 9.78 Å². The zero-order valence-electron chi connectivity index (χ0n) is 14.2. The summed E-state index contributed by atoms with van der Waals surface area (Å²) in [6.07, 6.45) is 6.51. The van der Waals surface area contributed by atoms with Gasteiger partial charge in [-0.2, -0.15) is 5.10 Å². The second-order valence-corrected chi connectivity index (χ2v) is 7.14. The third kappa shape index (κ3) is 3.35. The maximum atomic E-state index is 12.1. The lowest BCUT2D eigenvalue weighted by Crippen LogP contribution is -2.37. The van der Waals surface area contributed by atoms with Gasteiger partial charge in [-0.25, -0.2) is 4.68 Å². The first-order chi connectivity index (χ1) is 11.7. The lowest BCUT2D eigenvalue weighted by Gasteiger charge is -2.33. The Morgan fingerprint density at radius 1 is 1.12 bits per heavy atom. The van der Waals surface area contributed by atoms with Crippen molar-refractivity contribution in [2.45, 2.75) is 45.1 Å². The minimum absolute atomic E-state index is 0.0339. The Bertz CT molecular complexity index is 773. The van der Waals surface area contributed by atoms with Crippen LogP contribution in [0.3, 0.4) is 0 Å². The standard InChI is InChI=1S/C19H24N4O/c1-14-12-17(6-9-20-14)22-10-7-15(8-11-22)13-23-19(24)5-4-18(21-23)16-2-3-16/h4-6,9,12,15-16H,2-3,7-8,10-11,13H2,1H3. The van der Waals surface area contributed by atoms with Crippen LogP contribution in [0.5, 0.6) is 0 Å². The van der Waals surface area contributed by atoms with E-state index in [9.17, 15) is 4.79 Å². The van der Waals surface area contributed by atoms with Crippen molar-refractivity contribution in [3.63, 3.8) is 0 Å². The molecule has 5 nitrogen and oxygen atoms in total. The number of pyridine rings is 1. The fourth-order valence-corrected chi connectivity index (χ4v) is 3.54. The van der Waals surface area contributed by atoms with E-state index in [2.05, 4.69) is 27.1 Å². The van der Waals surface area contributed by atoms with Gasteiger partial charge in [-0.05, 0) is 56.7 Å². The number of hydrogen-bond donors (Lipinski definition) is 0. The molecule has 0 aromatic carbocycles. The molecule has 1 aliphatic heterocycles. The average Bonchev–Trinajstić information content (AvgIpc) is 3.43. The number of anilines is 1. The molecule has 2 aliphatic rings. The predicted octanol–water partition coefficient (Wildman–Crippen LogP) is 2.74. The molecule has 0 unspecified atom stereocenters. The van der Waals surface area contributed by atoms with Gasteiger partial charge in [-0.15, -0.1) is 0 Å². The fraction of sp³-hybridized carbons (Fsp3) is 0.526. The molecule has 2 fully saturated rings. The summed E-state index contributed by atoms with van der Waals surface area (Å²) in [5.74, 6) is 1.12. The summed E-state index contributed by atoms with van der Waals surface area (Å²) in [6.45, 7) is 4.85. The van der Waals surface area contributed by atoms with Crippen LogP contribution in [0.1, 0.15) is 43.0 Å². The zero-order valence-corrected chi connectivity index (χ0v) is 14.2. The molecule has 3 heterocycles. The van der Waals surface area contributed by atoms with E-state index >= 15 is 0 Å². The van der Waals surface area contributed by atoms with Gasteiger partial charge < -0.3 is 4.90 Å². The van der Waals surface area contributed by atoms with Crippen LogP contribution >= 0.6 is 0 Å². The third-order valence-electron chi connectivity index (χ3n) is 5.17. The maximum absolute atomic E-state index is 12.1. The van der Waals surface area contributed by atoms with E-state index < -0.39 is 0 Å². The van der Waals surface area contributed by atoms with Crippen LogP contribution in [-0.4, -0.2) is 27.9 Å². The second kappa shape index (κ2) is 6.38. The highest BCUT2D eigenvalue weighted by Gasteiger charge is 2.26. The topological polar surface area (TPSA) is 51.0 Å². The summed E-state index contributed by atoms with van der Waals surface area (Å²) < 4.78 is 1.70.